The van der Waals surface area contributed by atoms with Gasteiger partial charge in [0, 0.05) is 19.3 Å². The first-order chi connectivity index (χ1) is 9.07. The van der Waals surface area contributed by atoms with Crippen molar-refractivity contribution in [3.63, 3.8) is 0 Å². The number of nitrogens with one attached hydrogen (secondary N) is 1. The highest BCUT2D eigenvalue weighted by atomic mass is 16.2. The van der Waals surface area contributed by atoms with E-state index in [1.165, 1.54) is 0 Å². The molecule has 0 unspecified atom stereocenters. The standard InChI is InChI=1S/C15H23N3O/c1-12-6-5-7-13(10-12)17-14(19)18(2)15(11-16)8-3-4-9-15/h5-7,10H,3-4,8-9,11,16H2,1-2H3,(H,17,19). The molecule has 0 spiro atoms. The second-order valence-corrected chi connectivity index (χ2v) is 5.49. The Morgan fingerprint density at radius 1 is 1.42 bits per heavy atom. The number of carbonyl (C=O) groups is 1. The van der Waals surface area contributed by atoms with Crippen molar-refractivity contribution in [2.45, 2.75) is 38.1 Å². The summed E-state index contributed by atoms with van der Waals surface area (Å²) in [4.78, 5) is 14.1. The lowest BCUT2D eigenvalue weighted by atomic mass is 9.96. The Morgan fingerprint density at radius 3 is 2.68 bits per heavy atom. The summed E-state index contributed by atoms with van der Waals surface area (Å²) in [6.45, 7) is 2.54. The van der Waals surface area contributed by atoms with Crippen LogP contribution in [0.2, 0.25) is 0 Å². The van der Waals surface area contributed by atoms with Gasteiger partial charge in [-0.3, -0.25) is 0 Å². The predicted octanol–water partition coefficient (Wildman–Crippen LogP) is 2.73. The normalized spacial score (nSPS) is 17.2. The maximum atomic E-state index is 12.3. The highest BCUT2D eigenvalue weighted by Crippen LogP contribution is 2.33. The lowest BCUT2D eigenvalue weighted by Gasteiger charge is -2.37. The Morgan fingerprint density at radius 2 is 2.11 bits per heavy atom. The Hall–Kier alpha value is -1.55. The Bertz CT molecular complexity index is 452. The third-order valence-electron chi connectivity index (χ3n) is 4.20. The molecule has 3 N–H and O–H groups in total. The average Bonchev–Trinajstić information content (AvgIpc) is 2.87. The van der Waals surface area contributed by atoms with Crippen molar-refractivity contribution in [1.29, 1.82) is 0 Å². The highest BCUT2D eigenvalue weighted by molar-refractivity contribution is 5.89. The van der Waals surface area contributed by atoms with Crippen molar-refractivity contribution in [2.24, 2.45) is 5.73 Å². The van der Waals surface area contributed by atoms with Crippen molar-refractivity contribution < 1.29 is 4.79 Å². The van der Waals surface area contributed by atoms with Gasteiger partial charge >= 0.3 is 6.03 Å². The minimum absolute atomic E-state index is 0.0713. The van der Waals surface area contributed by atoms with E-state index in [-0.39, 0.29) is 11.6 Å². The molecule has 4 heteroatoms. The van der Waals surface area contributed by atoms with E-state index in [0.29, 0.717) is 6.54 Å². The number of benzene rings is 1. The molecule has 0 aromatic heterocycles. The van der Waals surface area contributed by atoms with Crippen LogP contribution in [0.3, 0.4) is 0 Å². The number of urea groups is 1. The van der Waals surface area contributed by atoms with Crippen molar-refractivity contribution in [1.82, 2.24) is 4.90 Å². The predicted molar refractivity (Wildman–Crippen MR) is 78.2 cm³/mol. The molecular weight excluding hydrogens is 238 g/mol. The number of nitrogens with zero attached hydrogens (tertiary/aromatic N) is 1. The fourth-order valence-corrected chi connectivity index (χ4v) is 2.86. The fourth-order valence-electron chi connectivity index (χ4n) is 2.86. The van der Waals surface area contributed by atoms with Crippen molar-refractivity contribution in [3.8, 4) is 0 Å². The second kappa shape index (κ2) is 5.61. The van der Waals surface area contributed by atoms with Crippen LogP contribution in [0.4, 0.5) is 10.5 Å². The number of aryl methyl sites for hydroxylation is 1. The summed E-state index contributed by atoms with van der Waals surface area (Å²) in [6, 6.07) is 7.76. The first-order valence-electron chi connectivity index (χ1n) is 6.89. The van der Waals surface area contributed by atoms with Crippen molar-refractivity contribution >= 4 is 11.7 Å². The molecule has 1 aromatic rings. The molecule has 2 rings (SSSR count). The molecule has 0 aliphatic heterocycles. The van der Waals surface area contributed by atoms with Crippen LogP contribution < -0.4 is 11.1 Å². The van der Waals surface area contributed by atoms with Crippen LogP contribution in [0.15, 0.2) is 24.3 Å². The van der Waals surface area contributed by atoms with E-state index < -0.39 is 0 Å². The molecule has 4 nitrogen and oxygen atoms in total. The van der Waals surface area contributed by atoms with E-state index in [2.05, 4.69) is 5.32 Å². The number of hydrogen-bond donors (Lipinski definition) is 2. The largest absolute Gasteiger partial charge is 0.328 e. The van der Waals surface area contributed by atoms with Gasteiger partial charge in [-0.15, -0.1) is 0 Å². The van der Waals surface area contributed by atoms with Gasteiger partial charge in [-0.1, -0.05) is 25.0 Å². The van der Waals surface area contributed by atoms with Crippen LogP contribution in [-0.4, -0.2) is 30.1 Å². The van der Waals surface area contributed by atoms with Crippen LogP contribution in [0, 0.1) is 6.92 Å². The number of amides is 2. The monoisotopic (exact) mass is 261 g/mol. The van der Waals surface area contributed by atoms with Crippen LogP contribution >= 0.6 is 0 Å². The van der Waals surface area contributed by atoms with Gasteiger partial charge in [0.15, 0.2) is 0 Å². The number of likely N-dealkylation sites (N-methyl/N-ethyl adjacent to an activating group) is 1. The van der Waals surface area contributed by atoms with Crippen molar-refractivity contribution in [2.75, 3.05) is 18.9 Å². The van der Waals surface area contributed by atoms with Gasteiger partial charge in [-0.25, -0.2) is 4.79 Å². The molecule has 19 heavy (non-hydrogen) atoms. The molecule has 1 aliphatic rings. The Labute approximate surface area is 115 Å². The summed E-state index contributed by atoms with van der Waals surface area (Å²) >= 11 is 0. The number of anilines is 1. The third-order valence-corrected chi connectivity index (χ3v) is 4.20. The van der Waals surface area contributed by atoms with E-state index in [4.69, 9.17) is 5.73 Å². The van der Waals surface area contributed by atoms with Crippen LogP contribution in [-0.2, 0) is 0 Å². The van der Waals surface area contributed by atoms with E-state index in [9.17, 15) is 4.79 Å². The topological polar surface area (TPSA) is 58.4 Å². The summed E-state index contributed by atoms with van der Waals surface area (Å²) in [7, 11) is 1.85. The molecule has 2 amide bonds. The van der Waals surface area contributed by atoms with E-state index >= 15 is 0 Å². The molecule has 1 aliphatic carbocycles. The molecule has 0 bridgehead atoms. The number of carbonyl (C=O) groups excluding carboxylic acids is 1. The number of hydrogen-bond acceptors (Lipinski definition) is 2. The Balaban J connectivity index is 2.07. The second-order valence-electron chi connectivity index (χ2n) is 5.49. The summed E-state index contributed by atoms with van der Waals surface area (Å²) in [6.07, 6.45) is 4.31. The van der Waals surface area contributed by atoms with Gasteiger partial charge in [-0.2, -0.15) is 0 Å². The summed E-state index contributed by atoms with van der Waals surface area (Å²) in [5, 5.41) is 2.95. The molecule has 0 heterocycles. The zero-order valence-electron chi connectivity index (χ0n) is 11.8. The molecule has 0 radical (unpaired) electrons. The van der Waals surface area contributed by atoms with Gasteiger partial charge in [0.05, 0.1) is 5.54 Å². The van der Waals surface area contributed by atoms with Gasteiger partial charge in [0.2, 0.25) is 0 Å². The molecule has 1 aromatic carbocycles. The van der Waals surface area contributed by atoms with Crippen molar-refractivity contribution in [3.05, 3.63) is 29.8 Å². The SMILES string of the molecule is Cc1cccc(NC(=O)N(C)C2(CN)CCCC2)c1. The quantitative estimate of drug-likeness (QED) is 0.879. The maximum Gasteiger partial charge on any atom is 0.322 e. The summed E-state index contributed by atoms with van der Waals surface area (Å²) in [5.41, 5.74) is 7.71. The number of nitrogens with two attached hydrogens (primary N) is 1. The molecule has 1 fully saturated rings. The van der Waals surface area contributed by atoms with Gasteiger partial charge < -0.3 is 16.0 Å². The summed E-state index contributed by atoms with van der Waals surface area (Å²) in [5.74, 6) is 0. The van der Waals surface area contributed by atoms with Crippen LogP contribution in [0.1, 0.15) is 31.2 Å². The first-order valence-corrected chi connectivity index (χ1v) is 6.89. The molecule has 1 saturated carbocycles. The Kier molecular flexibility index (Phi) is 4.10. The van der Waals surface area contributed by atoms with Gasteiger partial charge in [0.25, 0.3) is 0 Å². The average molecular weight is 261 g/mol. The molecule has 0 saturated heterocycles. The smallest absolute Gasteiger partial charge is 0.322 e. The molecule has 104 valence electrons. The minimum Gasteiger partial charge on any atom is -0.328 e. The summed E-state index contributed by atoms with van der Waals surface area (Å²) < 4.78 is 0. The van der Waals surface area contributed by atoms with Gasteiger partial charge in [0.1, 0.15) is 0 Å². The first kappa shape index (κ1) is 13.9. The lowest BCUT2D eigenvalue weighted by Crippen LogP contribution is -2.53. The van der Waals surface area contributed by atoms with E-state index in [1.54, 1.807) is 4.90 Å². The molecule has 0 atom stereocenters. The van der Waals surface area contributed by atoms with Gasteiger partial charge in [-0.05, 0) is 37.5 Å². The zero-order valence-corrected chi connectivity index (χ0v) is 11.8. The lowest BCUT2D eigenvalue weighted by molar-refractivity contribution is 0.152. The fraction of sp³-hybridized carbons (Fsp3) is 0.533. The zero-order chi connectivity index (χ0) is 13.9. The highest BCUT2D eigenvalue weighted by Gasteiger charge is 2.38. The third kappa shape index (κ3) is 2.89. The number of rotatable bonds is 3. The molecular formula is C15H23N3O. The van der Waals surface area contributed by atoms with Crippen LogP contribution in [0.25, 0.3) is 0 Å². The van der Waals surface area contributed by atoms with E-state index in [0.717, 1.165) is 36.9 Å². The minimum atomic E-state index is -0.159. The van der Waals surface area contributed by atoms with E-state index in [1.807, 2.05) is 38.2 Å². The maximum absolute atomic E-state index is 12.3. The van der Waals surface area contributed by atoms with Crippen LogP contribution in [0.5, 0.6) is 0 Å².